The molecule has 2 heterocycles. The van der Waals surface area contributed by atoms with Gasteiger partial charge in [0.05, 0.1) is 12.6 Å². The summed E-state index contributed by atoms with van der Waals surface area (Å²) in [5.74, 6) is 2.21. The molecular weight excluding hydrogens is 498 g/mol. The number of ketones is 1. The van der Waals surface area contributed by atoms with Crippen LogP contribution in [0.3, 0.4) is 0 Å². The van der Waals surface area contributed by atoms with Crippen LogP contribution in [-0.2, 0) is 6.54 Å². The van der Waals surface area contributed by atoms with Crippen LogP contribution in [0.2, 0.25) is 5.02 Å². The van der Waals surface area contributed by atoms with E-state index in [-0.39, 0.29) is 5.78 Å². The van der Waals surface area contributed by atoms with Crippen molar-refractivity contribution >= 4 is 39.1 Å². The van der Waals surface area contributed by atoms with Gasteiger partial charge in [-0.05, 0) is 31.0 Å². The lowest BCUT2D eigenvalue weighted by Crippen LogP contribution is -2.48. The number of ether oxygens (including phenoxy) is 2. The van der Waals surface area contributed by atoms with Crippen LogP contribution in [0.5, 0.6) is 11.5 Å². The fourth-order valence-electron chi connectivity index (χ4n) is 5.59. The largest absolute Gasteiger partial charge is 0.495 e. The van der Waals surface area contributed by atoms with Crippen molar-refractivity contribution in [3.8, 4) is 11.5 Å². The second kappa shape index (κ2) is 11.8. The molecule has 1 aromatic heterocycles. The topological polar surface area (TPSA) is 46.9 Å². The maximum absolute atomic E-state index is 12.3. The average Bonchev–Trinajstić information content (AvgIpc) is 3.30. The third-order valence-corrected chi connectivity index (χ3v) is 7.83. The first-order valence-electron chi connectivity index (χ1n) is 13.4. The Morgan fingerprint density at radius 3 is 2.34 bits per heavy atom. The minimum atomic E-state index is 0.0824. The van der Waals surface area contributed by atoms with Crippen LogP contribution in [0.25, 0.3) is 21.7 Å². The number of piperazine rings is 1. The zero-order valence-corrected chi connectivity index (χ0v) is 23.2. The molecular formula is C31H36ClN3O3. The molecule has 1 saturated heterocycles. The lowest BCUT2D eigenvalue weighted by Gasteiger charge is -2.36. The number of benzene rings is 3. The number of methoxy groups -OCH3 is 1. The van der Waals surface area contributed by atoms with Gasteiger partial charge in [0.1, 0.15) is 18.1 Å². The van der Waals surface area contributed by atoms with Gasteiger partial charge in [0.15, 0.2) is 5.78 Å². The highest BCUT2D eigenvalue weighted by atomic mass is 35.5. The predicted octanol–water partition coefficient (Wildman–Crippen LogP) is 5.99. The molecule has 0 saturated carbocycles. The summed E-state index contributed by atoms with van der Waals surface area (Å²) in [5, 5.41) is 3.80. The van der Waals surface area contributed by atoms with E-state index in [1.165, 1.54) is 0 Å². The van der Waals surface area contributed by atoms with E-state index in [9.17, 15) is 4.79 Å². The van der Waals surface area contributed by atoms with E-state index in [0.29, 0.717) is 12.5 Å². The predicted molar refractivity (Wildman–Crippen MR) is 155 cm³/mol. The van der Waals surface area contributed by atoms with Gasteiger partial charge in [-0.1, -0.05) is 54.9 Å². The molecule has 5 rings (SSSR count). The number of hydrogen-bond donors (Lipinski definition) is 0. The van der Waals surface area contributed by atoms with Crippen molar-refractivity contribution < 1.29 is 14.3 Å². The monoisotopic (exact) mass is 533 g/mol. The highest BCUT2D eigenvalue weighted by molar-refractivity contribution is 6.35. The molecule has 0 spiro atoms. The Bertz CT molecular complexity index is 1420. The fourth-order valence-corrected chi connectivity index (χ4v) is 5.82. The number of carbonyl (C=O) groups excluding carboxylic acids is 1. The van der Waals surface area contributed by atoms with Gasteiger partial charge < -0.3 is 18.9 Å². The Morgan fingerprint density at radius 1 is 0.895 bits per heavy atom. The molecule has 1 fully saturated rings. The minimum absolute atomic E-state index is 0.0824. The number of hydrogen-bond acceptors (Lipinski definition) is 5. The molecule has 0 aliphatic carbocycles. The number of rotatable bonds is 10. The summed E-state index contributed by atoms with van der Waals surface area (Å²) in [6.07, 6.45) is 1.99. The fraction of sp³-hybridized carbons (Fsp3) is 0.387. The number of para-hydroxylation sites is 1. The SMILES string of the molecule is COc1cccc2c(C(C)=O)cn(CC(C)CN3CCN(CCOc4ccc(Cl)c5ccccc45)CC3)c12. The van der Waals surface area contributed by atoms with Crippen molar-refractivity contribution in [3.05, 3.63) is 71.4 Å². The third kappa shape index (κ3) is 5.68. The summed E-state index contributed by atoms with van der Waals surface area (Å²) in [6, 6.07) is 17.9. The van der Waals surface area contributed by atoms with Crippen LogP contribution in [0.4, 0.5) is 0 Å². The molecule has 0 radical (unpaired) electrons. The number of halogens is 1. The van der Waals surface area contributed by atoms with Gasteiger partial charge in [0, 0.05) is 78.8 Å². The molecule has 1 atom stereocenters. The van der Waals surface area contributed by atoms with Crippen LogP contribution < -0.4 is 9.47 Å². The standard InChI is InChI=1S/C31H36ClN3O3/c1-22(20-35-21-27(23(2)36)26-9-6-10-30(37-3)31(26)35)19-34-15-13-33(14-16-34)17-18-38-29-12-11-28(32)24-7-4-5-8-25(24)29/h4-12,21-22H,13-20H2,1-3H3. The summed E-state index contributed by atoms with van der Waals surface area (Å²) < 4.78 is 14.0. The van der Waals surface area contributed by atoms with E-state index in [1.807, 2.05) is 54.7 Å². The second-order valence-corrected chi connectivity index (χ2v) is 10.7. The van der Waals surface area contributed by atoms with E-state index in [0.717, 1.165) is 89.6 Å². The normalized spacial score (nSPS) is 15.7. The van der Waals surface area contributed by atoms with Gasteiger partial charge in [0.25, 0.3) is 0 Å². The summed E-state index contributed by atoms with van der Waals surface area (Å²) in [6.45, 7) is 11.5. The van der Waals surface area contributed by atoms with Gasteiger partial charge >= 0.3 is 0 Å². The van der Waals surface area contributed by atoms with Gasteiger partial charge in [-0.15, -0.1) is 0 Å². The maximum Gasteiger partial charge on any atom is 0.161 e. The molecule has 0 bridgehead atoms. The first-order valence-corrected chi connectivity index (χ1v) is 13.7. The Hall–Kier alpha value is -3.06. The average molecular weight is 534 g/mol. The van der Waals surface area contributed by atoms with Crippen molar-refractivity contribution in [2.45, 2.75) is 20.4 Å². The third-order valence-electron chi connectivity index (χ3n) is 7.50. The van der Waals surface area contributed by atoms with Crippen molar-refractivity contribution in [1.29, 1.82) is 0 Å². The van der Waals surface area contributed by atoms with Gasteiger partial charge in [-0.25, -0.2) is 0 Å². The highest BCUT2D eigenvalue weighted by Crippen LogP contribution is 2.32. The number of aromatic nitrogens is 1. The number of carbonyl (C=O) groups is 1. The molecule has 4 aromatic rings. The van der Waals surface area contributed by atoms with E-state index < -0.39 is 0 Å². The second-order valence-electron chi connectivity index (χ2n) is 10.3. The lowest BCUT2D eigenvalue weighted by atomic mass is 10.1. The number of fused-ring (bicyclic) bond motifs is 2. The molecule has 6 nitrogen and oxygen atoms in total. The van der Waals surface area contributed by atoms with Crippen LogP contribution in [-0.4, -0.2) is 73.1 Å². The van der Waals surface area contributed by atoms with Crippen LogP contribution in [0.1, 0.15) is 24.2 Å². The quantitative estimate of drug-likeness (QED) is 0.234. The molecule has 200 valence electrons. The van der Waals surface area contributed by atoms with Crippen molar-refractivity contribution in [2.75, 3.05) is 53.0 Å². The van der Waals surface area contributed by atoms with Crippen LogP contribution in [0.15, 0.2) is 60.8 Å². The number of Topliss-reactive ketones (excluding diaryl/α,β-unsaturated/α-hetero) is 1. The maximum atomic E-state index is 12.3. The first-order chi connectivity index (χ1) is 18.4. The molecule has 1 aliphatic heterocycles. The smallest absolute Gasteiger partial charge is 0.161 e. The van der Waals surface area contributed by atoms with Gasteiger partial charge in [-0.3, -0.25) is 9.69 Å². The van der Waals surface area contributed by atoms with E-state index in [2.05, 4.69) is 27.4 Å². The van der Waals surface area contributed by atoms with Crippen LogP contribution in [0, 0.1) is 5.92 Å². The Morgan fingerprint density at radius 2 is 1.61 bits per heavy atom. The molecule has 0 amide bonds. The summed E-state index contributed by atoms with van der Waals surface area (Å²) >= 11 is 6.34. The highest BCUT2D eigenvalue weighted by Gasteiger charge is 2.21. The van der Waals surface area contributed by atoms with Gasteiger partial charge in [-0.2, -0.15) is 0 Å². The van der Waals surface area contributed by atoms with E-state index in [1.54, 1.807) is 14.0 Å². The Labute approximate surface area is 229 Å². The molecule has 0 N–H and O–H groups in total. The van der Waals surface area contributed by atoms with E-state index in [4.69, 9.17) is 21.1 Å². The Balaban J connectivity index is 1.12. The zero-order valence-electron chi connectivity index (χ0n) is 22.5. The minimum Gasteiger partial charge on any atom is -0.495 e. The molecule has 7 heteroatoms. The van der Waals surface area contributed by atoms with Crippen molar-refractivity contribution in [2.24, 2.45) is 5.92 Å². The molecule has 1 unspecified atom stereocenters. The Kier molecular flexibility index (Phi) is 8.22. The molecule has 38 heavy (non-hydrogen) atoms. The summed E-state index contributed by atoms with van der Waals surface area (Å²) in [4.78, 5) is 17.3. The van der Waals surface area contributed by atoms with Crippen molar-refractivity contribution in [3.63, 3.8) is 0 Å². The first kappa shape index (κ1) is 26.5. The molecule has 3 aromatic carbocycles. The molecule has 1 aliphatic rings. The summed E-state index contributed by atoms with van der Waals surface area (Å²) in [5.41, 5.74) is 1.76. The zero-order chi connectivity index (χ0) is 26.6. The lowest BCUT2D eigenvalue weighted by molar-refractivity contribution is 0.101. The number of nitrogens with zero attached hydrogens (tertiary/aromatic N) is 3. The van der Waals surface area contributed by atoms with Gasteiger partial charge in [0.2, 0.25) is 0 Å². The summed E-state index contributed by atoms with van der Waals surface area (Å²) in [7, 11) is 1.69. The van der Waals surface area contributed by atoms with Crippen molar-refractivity contribution in [1.82, 2.24) is 14.4 Å². The van der Waals surface area contributed by atoms with E-state index >= 15 is 0 Å². The van der Waals surface area contributed by atoms with Crippen LogP contribution >= 0.6 is 11.6 Å².